The van der Waals surface area contributed by atoms with Crippen molar-refractivity contribution in [3.8, 4) is 11.8 Å². The Hall–Kier alpha value is -3.15. The average molecular weight is 401 g/mol. The van der Waals surface area contributed by atoms with Gasteiger partial charge in [-0.05, 0) is 23.8 Å². The van der Waals surface area contributed by atoms with Gasteiger partial charge in [0, 0.05) is 5.56 Å². The first kappa shape index (κ1) is 21.2. The molecule has 148 valence electrons. The summed E-state index contributed by atoms with van der Waals surface area (Å²) in [5, 5.41) is 2.23. The van der Waals surface area contributed by atoms with E-state index < -0.39 is 35.1 Å². The third kappa shape index (κ3) is 6.54. The van der Waals surface area contributed by atoms with Gasteiger partial charge in [0.1, 0.15) is 6.61 Å². The first-order chi connectivity index (χ1) is 13.1. The third-order valence-electron chi connectivity index (χ3n) is 3.35. The SMILES string of the molecule is O=C(NCC#Cc1cc(C(F)(F)F)cc(C(F)(F)F)c1)OCc1ccccc1. The topological polar surface area (TPSA) is 38.3 Å². The van der Waals surface area contributed by atoms with Crippen LogP contribution in [0.15, 0.2) is 48.5 Å². The third-order valence-corrected chi connectivity index (χ3v) is 3.35. The zero-order valence-corrected chi connectivity index (χ0v) is 14.1. The van der Waals surface area contributed by atoms with Gasteiger partial charge in [0.15, 0.2) is 0 Å². The van der Waals surface area contributed by atoms with Crippen LogP contribution in [0.5, 0.6) is 0 Å². The predicted molar refractivity (Wildman–Crippen MR) is 88.0 cm³/mol. The summed E-state index contributed by atoms with van der Waals surface area (Å²) in [7, 11) is 0. The second-order valence-electron chi connectivity index (χ2n) is 5.51. The van der Waals surface area contributed by atoms with Crippen LogP contribution in [0.1, 0.15) is 22.3 Å². The van der Waals surface area contributed by atoms with Crippen LogP contribution in [-0.2, 0) is 23.7 Å². The van der Waals surface area contributed by atoms with E-state index in [1.165, 1.54) is 0 Å². The van der Waals surface area contributed by atoms with Crippen LogP contribution in [0.2, 0.25) is 0 Å². The Morgan fingerprint density at radius 3 is 2.04 bits per heavy atom. The fourth-order valence-electron chi connectivity index (χ4n) is 2.06. The lowest BCUT2D eigenvalue weighted by Crippen LogP contribution is -2.24. The minimum Gasteiger partial charge on any atom is -0.445 e. The van der Waals surface area contributed by atoms with Gasteiger partial charge in [-0.1, -0.05) is 42.2 Å². The van der Waals surface area contributed by atoms with Crippen LogP contribution in [0.4, 0.5) is 31.1 Å². The van der Waals surface area contributed by atoms with E-state index in [4.69, 9.17) is 4.74 Å². The number of hydrogen-bond donors (Lipinski definition) is 1. The Kier molecular flexibility index (Phi) is 6.57. The maximum absolute atomic E-state index is 12.8. The number of alkyl carbamates (subject to hydrolysis) is 1. The van der Waals surface area contributed by atoms with Crippen molar-refractivity contribution in [3.05, 3.63) is 70.8 Å². The number of amides is 1. The summed E-state index contributed by atoms with van der Waals surface area (Å²) in [4.78, 5) is 11.5. The van der Waals surface area contributed by atoms with Crippen molar-refractivity contribution < 1.29 is 35.9 Å². The van der Waals surface area contributed by atoms with Crippen molar-refractivity contribution >= 4 is 6.09 Å². The molecule has 0 saturated carbocycles. The Bertz CT molecular complexity index is 847. The largest absolute Gasteiger partial charge is 0.445 e. The second-order valence-corrected chi connectivity index (χ2v) is 5.51. The maximum atomic E-state index is 12.8. The molecule has 28 heavy (non-hydrogen) atoms. The Morgan fingerprint density at radius 2 is 1.50 bits per heavy atom. The molecule has 3 nitrogen and oxygen atoms in total. The van der Waals surface area contributed by atoms with Crippen molar-refractivity contribution in [1.82, 2.24) is 5.32 Å². The van der Waals surface area contributed by atoms with Crippen LogP contribution in [0, 0.1) is 11.8 Å². The molecule has 0 aromatic heterocycles. The zero-order valence-electron chi connectivity index (χ0n) is 14.1. The quantitative estimate of drug-likeness (QED) is 0.581. The highest BCUT2D eigenvalue weighted by molar-refractivity contribution is 5.67. The van der Waals surface area contributed by atoms with Gasteiger partial charge in [0.25, 0.3) is 0 Å². The molecule has 0 saturated heterocycles. The van der Waals surface area contributed by atoms with E-state index in [9.17, 15) is 31.1 Å². The maximum Gasteiger partial charge on any atom is 0.416 e. The lowest BCUT2D eigenvalue weighted by atomic mass is 10.0. The van der Waals surface area contributed by atoms with Crippen LogP contribution in [-0.4, -0.2) is 12.6 Å². The predicted octanol–water partition coefficient (Wildman–Crippen LogP) is 5.00. The summed E-state index contributed by atoms with van der Waals surface area (Å²) in [5.74, 6) is 4.47. The summed E-state index contributed by atoms with van der Waals surface area (Å²) in [6.45, 7) is -0.312. The minimum absolute atomic E-state index is 0.00265. The monoisotopic (exact) mass is 401 g/mol. The van der Waals surface area contributed by atoms with E-state index in [2.05, 4.69) is 17.2 Å². The molecule has 0 aliphatic carbocycles. The fourth-order valence-corrected chi connectivity index (χ4v) is 2.06. The summed E-state index contributed by atoms with van der Waals surface area (Å²) in [6.07, 6.45) is -10.7. The smallest absolute Gasteiger partial charge is 0.416 e. The first-order valence-electron chi connectivity index (χ1n) is 7.78. The van der Waals surface area contributed by atoms with Crippen molar-refractivity contribution in [2.45, 2.75) is 19.0 Å². The summed E-state index contributed by atoms with van der Waals surface area (Å²) < 4.78 is 81.5. The Labute approximate surface area is 156 Å². The molecule has 1 amide bonds. The molecule has 0 unspecified atom stereocenters. The molecule has 0 bridgehead atoms. The summed E-state index contributed by atoms with van der Waals surface area (Å²) >= 11 is 0. The van der Waals surface area contributed by atoms with E-state index in [1.807, 2.05) is 0 Å². The number of carbonyl (C=O) groups is 1. The van der Waals surface area contributed by atoms with Gasteiger partial charge in [0.2, 0.25) is 0 Å². The summed E-state index contributed by atoms with van der Waals surface area (Å²) in [6, 6.07) is 9.81. The van der Waals surface area contributed by atoms with Crippen LogP contribution in [0.25, 0.3) is 0 Å². The van der Waals surface area contributed by atoms with Crippen molar-refractivity contribution in [2.24, 2.45) is 0 Å². The van der Waals surface area contributed by atoms with Gasteiger partial charge < -0.3 is 10.1 Å². The van der Waals surface area contributed by atoms with E-state index >= 15 is 0 Å². The van der Waals surface area contributed by atoms with E-state index in [-0.39, 0.29) is 19.2 Å². The minimum atomic E-state index is -4.95. The van der Waals surface area contributed by atoms with Gasteiger partial charge in [-0.25, -0.2) is 4.79 Å². The van der Waals surface area contributed by atoms with Gasteiger partial charge >= 0.3 is 18.4 Å². The Balaban J connectivity index is 2.00. The number of ether oxygens (including phenoxy) is 1. The number of carbonyl (C=O) groups excluding carboxylic acids is 1. The fraction of sp³-hybridized carbons (Fsp3) is 0.211. The number of halogens is 6. The molecular weight excluding hydrogens is 388 g/mol. The second kappa shape index (κ2) is 8.69. The van der Waals surface area contributed by atoms with Gasteiger partial charge in [-0.2, -0.15) is 26.3 Å². The molecule has 0 aliphatic heterocycles. The molecule has 0 spiro atoms. The van der Waals surface area contributed by atoms with E-state index in [1.54, 1.807) is 30.3 Å². The van der Waals surface area contributed by atoms with Crippen LogP contribution in [0.3, 0.4) is 0 Å². The number of nitrogens with one attached hydrogen (secondary N) is 1. The highest BCUT2D eigenvalue weighted by atomic mass is 19.4. The molecule has 9 heteroatoms. The van der Waals surface area contributed by atoms with Crippen LogP contribution >= 0.6 is 0 Å². The normalized spacial score (nSPS) is 11.4. The van der Waals surface area contributed by atoms with Gasteiger partial charge in [-0.15, -0.1) is 0 Å². The lowest BCUT2D eigenvalue weighted by Gasteiger charge is -2.12. The van der Waals surface area contributed by atoms with Crippen molar-refractivity contribution in [2.75, 3.05) is 6.54 Å². The number of alkyl halides is 6. The van der Waals surface area contributed by atoms with Crippen molar-refractivity contribution in [3.63, 3.8) is 0 Å². The first-order valence-corrected chi connectivity index (χ1v) is 7.78. The van der Waals surface area contributed by atoms with Gasteiger partial charge in [-0.3, -0.25) is 0 Å². The number of hydrogen-bond acceptors (Lipinski definition) is 2. The number of rotatable bonds is 3. The highest BCUT2D eigenvalue weighted by Gasteiger charge is 2.36. The molecule has 0 heterocycles. The standard InChI is InChI=1S/C19H13F6NO2/c20-18(21,22)15-9-14(10-16(11-15)19(23,24)25)7-4-8-26-17(27)28-12-13-5-2-1-3-6-13/h1-3,5-6,9-11H,8,12H2,(H,26,27). The van der Waals surface area contributed by atoms with E-state index in [0.29, 0.717) is 12.1 Å². The molecule has 0 radical (unpaired) electrons. The number of benzene rings is 2. The molecule has 2 aromatic carbocycles. The average Bonchev–Trinajstić information content (AvgIpc) is 2.63. The zero-order chi connectivity index (χ0) is 20.8. The molecular formula is C19H13F6NO2. The molecule has 0 aliphatic rings. The molecule has 0 atom stereocenters. The summed E-state index contributed by atoms with van der Waals surface area (Å²) in [5.41, 5.74) is -2.64. The molecule has 2 rings (SSSR count). The van der Waals surface area contributed by atoms with Crippen LogP contribution < -0.4 is 5.32 Å². The molecule has 0 fully saturated rings. The molecule has 1 N–H and O–H groups in total. The molecule has 2 aromatic rings. The Morgan fingerprint density at radius 1 is 0.929 bits per heavy atom. The lowest BCUT2D eigenvalue weighted by molar-refractivity contribution is -0.143. The van der Waals surface area contributed by atoms with E-state index in [0.717, 1.165) is 5.56 Å². The highest BCUT2D eigenvalue weighted by Crippen LogP contribution is 2.36. The van der Waals surface area contributed by atoms with Crippen molar-refractivity contribution in [1.29, 1.82) is 0 Å². The van der Waals surface area contributed by atoms with Gasteiger partial charge in [0.05, 0.1) is 17.7 Å².